The van der Waals surface area contributed by atoms with Gasteiger partial charge in [-0.25, -0.2) is 4.79 Å². The SMILES string of the molecule is O=C(c1cc(C2CC2)nc2ccccc12)N1CCC(n2c(=O)oc3ccc(Cl)cc32)CC1. The van der Waals surface area contributed by atoms with Gasteiger partial charge in [0.2, 0.25) is 0 Å². The van der Waals surface area contributed by atoms with Gasteiger partial charge in [0.25, 0.3) is 5.91 Å². The molecule has 2 aromatic heterocycles. The maximum atomic E-state index is 13.5. The molecule has 32 heavy (non-hydrogen) atoms. The van der Waals surface area contributed by atoms with Crippen molar-refractivity contribution in [1.82, 2.24) is 14.5 Å². The number of hydrogen-bond acceptors (Lipinski definition) is 4. The Labute approximate surface area is 189 Å². The smallest absolute Gasteiger partial charge is 0.408 e. The maximum absolute atomic E-state index is 13.5. The maximum Gasteiger partial charge on any atom is 0.420 e. The Bertz CT molecular complexity index is 1410. The van der Waals surface area contributed by atoms with Gasteiger partial charge in [-0.05, 0) is 56.0 Å². The highest BCUT2D eigenvalue weighted by atomic mass is 35.5. The van der Waals surface area contributed by atoms with Gasteiger partial charge in [0.15, 0.2) is 5.58 Å². The van der Waals surface area contributed by atoms with E-state index < -0.39 is 0 Å². The molecule has 0 radical (unpaired) electrons. The van der Waals surface area contributed by atoms with E-state index in [9.17, 15) is 9.59 Å². The van der Waals surface area contributed by atoms with E-state index in [0.717, 1.165) is 35.0 Å². The average molecular weight is 448 g/mol. The number of nitrogens with zero attached hydrogens (tertiary/aromatic N) is 3. The van der Waals surface area contributed by atoms with E-state index in [-0.39, 0.29) is 17.7 Å². The van der Waals surface area contributed by atoms with Crippen LogP contribution in [-0.2, 0) is 0 Å². The second-order valence-electron chi connectivity index (χ2n) is 8.76. The molecule has 0 atom stereocenters. The number of piperidine rings is 1. The monoisotopic (exact) mass is 447 g/mol. The fourth-order valence-electron chi connectivity index (χ4n) is 4.81. The molecule has 1 aliphatic carbocycles. The van der Waals surface area contributed by atoms with Crippen LogP contribution >= 0.6 is 11.6 Å². The Morgan fingerprint density at radius 3 is 2.59 bits per heavy atom. The predicted molar refractivity (Wildman–Crippen MR) is 123 cm³/mol. The molecule has 0 N–H and O–H groups in total. The molecule has 1 saturated heterocycles. The zero-order valence-electron chi connectivity index (χ0n) is 17.5. The van der Waals surface area contributed by atoms with Crippen LogP contribution in [0.3, 0.4) is 0 Å². The van der Waals surface area contributed by atoms with Crippen LogP contribution in [0.25, 0.3) is 22.0 Å². The Morgan fingerprint density at radius 2 is 1.81 bits per heavy atom. The van der Waals surface area contributed by atoms with E-state index >= 15 is 0 Å². The third-order valence-electron chi connectivity index (χ3n) is 6.65. The van der Waals surface area contributed by atoms with E-state index in [2.05, 4.69) is 0 Å². The Morgan fingerprint density at radius 1 is 1.03 bits per heavy atom. The summed E-state index contributed by atoms with van der Waals surface area (Å²) in [5.74, 6) is 0.141. The lowest BCUT2D eigenvalue weighted by Gasteiger charge is -2.32. The second kappa shape index (κ2) is 7.48. The van der Waals surface area contributed by atoms with E-state index in [1.165, 1.54) is 0 Å². The van der Waals surface area contributed by atoms with Crippen LogP contribution in [0.4, 0.5) is 0 Å². The van der Waals surface area contributed by atoms with Crippen molar-refractivity contribution in [2.24, 2.45) is 0 Å². The first kappa shape index (κ1) is 19.6. The van der Waals surface area contributed by atoms with Crippen LogP contribution in [0.15, 0.2) is 57.7 Å². The van der Waals surface area contributed by atoms with Crippen molar-refractivity contribution in [3.8, 4) is 0 Å². The number of para-hydroxylation sites is 1. The van der Waals surface area contributed by atoms with Gasteiger partial charge in [-0.1, -0.05) is 29.8 Å². The highest BCUT2D eigenvalue weighted by Gasteiger charge is 2.30. The van der Waals surface area contributed by atoms with Crippen LogP contribution in [0, 0.1) is 0 Å². The highest BCUT2D eigenvalue weighted by molar-refractivity contribution is 6.31. The van der Waals surface area contributed by atoms with Gasteiger partial charge in [-0.3, -0.25) is 14.3 Å². The zero-order valence-corrected chi connectivity index (χ0v) is 18.2. The minimum absolute atomic E-state index is 0.0255. The molecule has 1 aliphatic heterocycles. The summed E-state index contributed by atoms with van der Waals surface area (Å²) < 4.78 is 7.09. The average Bonchev–Trinajstić information content (AvgIpc) is 3.61. The minimum Gasteiger partial charge on any atom is -0.408 e. The number of likely N-dealkylation sites (tertiary alicyclic amines) is 1. The number of carbonyl (C=O) groups excluding carboxylic acids is 1. The Hall–Kier alpha value is -3.12. The quantitative estimate of drug-likeness (QED) is 0.435. The van der Waals surface area contributed by atoms with Gasteiger partial charge in [0, 0.05) is 41.2 Å². The number of pyridine rings is 1. The van der Waals surface area contributed by atoms with E-state index in [1.54, 1.807) is 22.8 Å². The van der Waals surface area contributed by atoms with Crippen molar-refractivity contribution in [1.29, 1.82) is 0 Å². The van der Waals surface area contributed by atoms with E-state index in [0.29, 0.717) is 48.0 Å². The number of rotatable bonds is 3. The van der Waals surface area contributed by atoms with Gasteiger partial charge in [0.1, 0.15) is 0 Å². The summed E-state index contributed by atoms with van der Waals surface area (Å²) in [7, 11) is 0. The fourth-order valence-corrected chi connectivity index (χ4v) is 4.98. The predicted octanol–water partition coefficient (Wildman–Crippen LogP) is 5.15. The number of oxazole rings is 1. The van der Waals surface area contributed by atoms with Crippen LogP contribution in [0.5, 0.6) is 0 Å². The number of aromatic nitrogens is 2. The molecular formula is C25H22ClN3O3. The Balaban J connectivity index is 1.28. The molecule has 2 fully saturated rings. The number of fused-ring (bicyclic) bond motifs is 2. The molecule has 0 bridgehead atoms. The first-order chi connectivity index (χ1) is 15.6. The standard InChI is InChI=1S/C25H22ClN3O3/c26-16-7-8-23-22(13-16)29(25(31)32-23)17-9-11-28(12-10-17)24(30)19-14-21(15-5-6-15)27-20-4-2-1-3-18(19)20/h1-4,7-8,13-15,17H,5-6,9-12H2. The summed E-state index contributed by atoms with van der Waals surface area (Å²) in [6.07, 6.45) is 3.65. The van der Waals surface area contributed by atoms with Gasteiger partial charge in [-0.2, -0.15) is 0 Å². The topological polar surface area (TPSA) is 68.3 Å². The van der Waals surface area contributed by atoms with Crippen molar-refractivity contribution in [2.45, 2.75) is 37.6 Å². The van der Waals surface area contributed by atoms with Gasteiger partial charge >= 0.3 is 5.76 Å². The van der Waals surface area contributed by atoms with Crippen molar-refractivity contribution in [3.63, 3.8) is 0 Å². The van der Waals surface area contributed by atoms with E-state index in [1.807, 2.05) is 35.2 Å². The van der Waals surface area contributed by atoms with E-state index in [4.69, 9.17) is 21.0 Å². The number of amides is 1. The molecule has 7 heteroatoms. The molecule has 2 aromatic carbocycles. The molecule has 3 heterocycles. The number of hydrogen-bond donors (Lipinski definition) is 0. The molecule has 1 saturated carbocycles. The van der Waals surface area contributed by atoms with Crippen LogP contribution in [0.2, 0.25) is 5.02 Å². The minimum atomic E-state index is -0.374. The molecular weight excluding hydrogens is 426 g/mol. The van der Waals surface area contributed by atoms with Gasteiger partial charge in [-0.15, -0.1) is 0 Å². The molecule has 6 nitrogen and oxygen atoms in total. The molecule has 0 spiro atoms. The van der Waals surface area contributed by atoms with Crippen molar-refractivity contribution in [2.75, 3.05) is 13.1 Å². The van der Waals surface area contributed by atoms with Crippen molar-refractivity contribution < 1.29 is 9.21 Å². The van der Waals surface area contributed by atoms with Crippen molar-refractivity contribution in [3.05, 3.63) is 75.4 Å². The van der Waals surface area contributed by atoms with Crippen LogP contribution in [0.1, 0.15) is 53.7 Å². The first-order valence-electron chi connectivity index (χ1n) is 11.1. The second-order valence-corrected chi connectivity index (χ2v) is 9.20. The highest BCUT2D eigenvalue weighted by Crippen LogP contribution is 2.40. The van der Waals surface area contributed by atoms with Crippen LogP contribution < -0.4 is 5.76 Å². The summed E-state index contributed by atoms with van der Waals surface area (Å²) in [6.45, 7) is 1.16. The normalized spacial score (nSPS) is 17.3. The first-order valence-corrected chi connectivity index (χ1v) is 11.5. The lowest BCUT2D eigenvalue weighted by molar-refractivity contribution is 0.0695. The fraction of sp³-hybridized carbons (Fsp3) is 0.320. The number of benzene rings is 2. The molecule has 4 aromatic rings. The third kappa shape index (κ3) is 3.30. The lowest BCUT2D eigenvalue weighted by atomic mass is 10.0. The molecule has 6 rings (SSSR count). The van der Waals surface area contributed by atoms with Crippen LogP contribution in [-0.4, -0.2) is 33.4 Å². The summed E-state index contributed by atoms with van der Waals surface area (Å²) in [4.78, 5) is 32.7. The largest absolute Gasteiger partial charge is 0.420 e. The van der Waals surface area contributed by atoms with Crippen molar-refractivity contribution >= 4 is 39.5 Å². The number of carbonyl (C=O) groups is 1. The number of halogens is 1. The van der Waals surface area contributed by atoms with Gasteiger partial charge < -0.3 is 9.32 Å². The molecule has 2 aliphatic rings. The molecule has 1 amide bonds. The summed E-state index contributed by atoms with van der Waals surface area (Å²) in [5, 5.41) is 1.46. The van der Waals surface area contributed by atoms with Gasteiger partial charge in [0.05, 0.1) is 16.6 Å². The lowest BCUT2D eigenvalue weighted by Crippen LogP contribution is -2.40. The summed E-state index contributed by atoms with van der Waals surface area (Å²) >= 11 is 6.14. The molecule has 0 unspecified atom stereocenters. The third-order valence-corrected chi connectivity index (χ3v) is 6.89. The summed E-state index contributed by atoms with van der Waals surface area (Å²) in [5.41, 5.74) is 3.88. The Kier molecular flexibility index (Phi) is 4.57. The summed E-state index contributed by atoms with van der Waals surface area (Å²) in [6, 6.07) is 15.0. The molecule has 162 valence electrons. The zero-order chi connectivity index (χ0) is 21.8.